The summed E-state index contributed by atoms with van der Waals surface area (Å²) >= 11 is 1.41. The first-order valence-corrected chi connectivity index (χ1v) is 13.4. The van der Waals surface area contributed by atoms with Gasteiger partial charge in [-0.05, 0) is 61.9 Å². The van der Waals surface area contributed by atoms with E-state index in [-0.39, 0.29) is 29.7 Å². The Hall–Kier alpha value is -3.26. The van der Waals surface area contributed by atoms with Crippen molar-refractivity contribution in [3.63, 3.8) is 0 Å². The Morgan fingerprint density at radius 2 is 2.08 bits per heavy atom. The average Bonchev–Trinajstić information content (AvgIpc) is 3.65. The maximum Gasteiger partial charge on any atom is 0.274 e. The minimum Gasteiger partial charge on any atom is -0.493 e. The summed E-state index contributed by atoms with van der Waals surface area (Å²) in [4.78, 5) is 34.4. The third-order valence-corrected chi connectivity index (χ3v) is 8.71. The minimum atomic E-state index is -0.340. The molecule has 1 aromatic heterocycles. The van der Waals surface area contributed by atoms with Crippen molar-refractivity contribution in [3.8, 4) is 16.2 Å². The van der Waals surface area contributed by atoms with Crippen molar-refractivity contribution < 1.29 is 18.7 Å². The van der Waals surface area contributed by atoms with Crippen LogP contribution in [0.15, 0.2) is 42.5 Å². The number of carbonyl (C=O) groups excluding carboxylic acids is 2. The van der Waals surface area contributed by atoms with Crippen molar-refractivity contribution >= 4 is 23.2 Å². The number of nitrogens with one attached hydrogen (secondary N) is 1. The maximum absolute atomic E-state index is 14.0. The molecule has 1 saturated heterocycles. The zero-order chi connectivity index (χ0) is 24.8. The average molecular weight is 506 g/mol. The van der Waals surface area contributed by atoms with Crippen LogP contribution in [0.4, 0.5) is 4.39 Å². The highest BCUT2D eigenvalue weighted by Crippen LogP contribution is 2.43. The lowest BCUT2D eigenvalue weighted by atomic mass is 10.0. The van der Waals surface area contributed by atoms with E-state index in [1.807, 2.05) is 36.1 Å². The van der Waals surface area contributed by atoms with Crippen LogP contribution in [-0.4, -0.2) is 46.9 Å². The molecule has 3 aromatic rings. The van der Waals surface area contributed by atoms with Crippen LogP contribution < -0.4 is 10.1 Å². The van der Waals surface area contributed by atoms with Crippen molar-refractivity contribution in [1.29, 1.82) is 0 Å². The number of hydrogen-bond acceptors (Lipinski definition) is 5. The second-order valence-electron chi connectivity index (χ2n) is 9.87. The zero-order valence-electron chi connectivity index (χ0n) is 20.1. The molecule has 2 fully saturated rings. The Kier molecular flexibility index (Phi) is 5.99. The monoisotopic (exact) mass is 505 g/mol. The Labute approximate surface area is 213 Å². The van der Waals surface area contributed by atoms with E-state index in [0.717, 1.165) is 48.4 Å². The number of rotatable bonds is 5. The molecular weight excluding hydrogens is 477 g/mol. The predicted molar refractivity (Wildman–Crippen MR) is 136 cm³/mol. The summed E-state index contributed by atoms with van der Waals surface area (Å²) in [5, 5.41) is 3.87. The molecule has 3 heterocycles. The third-order valence-electron chi connectivity index (χ3n) is 7.69. The van der Waals surface area contributed by atoms with Crippen LogP contribution in [0.5, 0.6) is 5.75 Å². The highest BCUT2D eigenvalue weighted by atomic mass is 32.1. The number of aromatic nitrogens is 1. The quantitative estimate of drug-likeness (QED) is 0.530. The van der Waals surface area contributed by atoms with Gasteiger partial charge in [0.1, 0.15) is 17.3 Å². The summed E-state index contributed by atoms with van der Waals surface area (Å²) in [7, 11) is 0. The van der Waals surface area contributed by atoms with E-state index >= 15 is 0 Å². The molecule has 186 valence electrons. The molecule has 1 N–H and O–H groups in total. The summed E-state index contributed by atoms with van der Waals surface area (Å²) in [5.41, 5.74) is 2.63. The van der Waals surface area contributed by atoms with Gasteiger partial charge in [0.2, 0.25) is 0 Å². The van der Waals surface area contributed by atoms with E-state index in [9.17, 15) is 14.0 Å². The zero-order valence-corrected chi connectivity index (χ0v) is 20.9. The van der Waals surface area contributed by atoms with Gasteiger partial charge in [0.25, 0.3) is 11.8 Å². The molecule has 1 aliphatic carbocycles. The highest BCUT2D eigenvalue weighted by Gasteiger charge is 2.47. The largest absolute Gasteiger partial charge is 0.493 e. The number of aryl methyl sites for hydroxylation is 1. The fraction of sp³-hybridized carbons (Fsp3) is 0.393. The van der Waals surface area contributed by atoms with E-state index in [4.69, 9.17) is 4.74 Å². The van der Waals surface area contributed by atoms with Gasteiger partial charge >= 0.3 is 0 Å². The van der Waals surface area contributed by atoms with Gasteiger partial charge in [-0.1, -0.05) is 24.6 Å². The number of ether oxygens (including phenoxy) is 1. The molecule has 3 aliphatic rings. The van der Waals surface area contributed by atoms with Crippen molar-refractivity contribution in [2.75, 3.05) is 13.2 Å². The first-order chi connectivity index (χ1) is 17.5. The number of fused-ring (bicyclic) bond motifs is 2. The number of likely N-dealkylation sites (tertiary alicyclic amines) is 1. The lowest BCUT2D eigenvalue weighted by Gasteiger charge is -2.30. The van der Waals surface area contributed by atoms with Crippen LogP contribution in [-0.2, 0) is 6.42 Å². The van der Waals surface area contributed by atoms with Gasteiger partial charge in [0.05, 0.1) is 22.5 Å². The molecule has 6 rings (SSSR count). The molecular formula is C28H28FN3O3S. The molecule has 8 heteroatoms. The van der Waals surface area contributed by atoms with Crippen molar-refractivity contribution in [3.05, 3.63) is 70.1 Å². The van der Waals surface area contributed by atoms with Gasteiger partial charge in [-0.15, -0.1) is 11.3 Å². The van der Waals surface area contributed by atoms with Crippen LogP contribution in [0.1, 0.15) is 57.1 Å². The second-order valence-corrected chi connectivity index (χ2v) is 11.1. The van der Waals surface area contributed by atoms with Gasteiger partial charge < -0.3 is 15.0 Å². The number of benzene rings is 2. The second kappa shape index (κ2) is 9.32. The van der Waals surface area contributed by atoms with Crippen LogP contribution in [0.3, 0.4) is 0 Å². The van der Waals surface area contributed by atoms with Crippen molar-refractivity contribution in [1.82, 2.24) is 15.2 Å². The molecule has 1 saturated carbocycles. The van der Waals surface area contributed by atoms with Crippen molar-refractivity contribution in [2.45, 2.75) is 51.1 Å². The van der Waals surface area contributed by atoms with E-state index in [1.165, 1.54) is 23.5 Å². The number of hydrogen-bond donors (Lipinski definition) is 1. The Bertz CT molecular complexity index is 1340. The SMILES string of the molecule is Cc1nc(C(=O)N2[C@H](CNC(=O)c3cccc4c3CCO4)C[C@@H]3CCC[C@@H]32)c(-c2cccc(F)c2)s1. The smallest absolute Gasteiger partial charge is 0.274 e. The topological polar surface area (TPSA) is 71.5 Å². The van der Waals surface area contributed by atoms with Gasteiger partial charge in [0, 0.05) is 30.1 Å². The highest BCUT2D eigenvalue weighted by molar-refractivity contribution is 7.15. The molecule has 0 spiro atoms. The molecule has 0 bridgehead atoms. The standard InChI is InChI=1S/C28H28FN3O3S/c1-16-31-25(26(36-16)18-6-2-7-19(29)13-18)28(34)32-20(14-17-5-3-9-23(17)32)15-30-27(33)22-8-4-10-24-21(22)11-12-35-24/h2,4,6-8,10,13,17,20,23H,3,5,9,11-12,14-15H2,1H3,(H,30,33)/t17-,20-,23-/m0/s1. The minimum absolute atomic E-state index is 0.105. The van der Waals surface area contributed by atoms with Crippen LogP contribution in [0.25, 0.3) is 10.4 Å². The molecule has 2 amide bonds. The fourth-order valence-electron chi connectivity index (χ4n) is 6.15. The summed E-state index contributed by atoms with van der Waals surface area (Å²) in [6, 6.07) is 11.9. The molecule has 2 aliphatic heterocycles. The molecule has 0 unspecified atom stereocenters. The number of halogens is 1. The van der Waals surface area contributed by atoms with Gasteiger partial charge in [-0.2, -0.15) is 0 Å². The molecule has 0 radical (unpaired) electrons. The first-order valence-electron chi connectivity index (χ1n) is 12.6. The van der Waals surface area contributed by atoms with Gasteiger partial charge in [-0.3, -0.25) is 9.59 Å². The normalized spacial score (nSPS) is 22.3. The number of thiazole rings is 1. The number of carbonyl (C=O) groups is 2. The third kappa shape index (κ3) is 4.07. The maximum atomic E-state index is 14.0. The Morgan fingerprint density at radius 1 is 1.22 bits per heavy atom. The lowest BCUT2D eigenvalue weighted by molar-refractivity contribution is 0.0645. The Morgan fingerprint density at radius 3 is 2.94 bits per heavy atom. The summed E-state index contributed by atoms with van der Waals surface area (Å²) in [6.45, 7) is 2.85. The molecule has 3 atom stereocenters. The van der Waals surface area contributed by atoms with Crippen LogP contribution >= 0.6 is 11.3 Å². The first kappa shape index (κ1) is 23.2. The van der Waals surface area contributed by atoms with E-state index in [1.54, 1.807) is 6.07 Å². The van der Waals surface area contributed by atoms with Crippen molar-refractivity contribution in [2.24, 2.45) is 5.92 Å². The van der Waals surface area contributed by atoms with Gasteiger partial charge in [0.15, 0.2) is 0 Å². The molecule has 6 nitrogen and oxygen atoms in total. The van der Waals surface area contributed by atoms with E-state index in [0.29, 0.717) is 40.8 Å². The van der Waals surface area contributed by atoms with E-state index < -0.39 is 0 Å². The Balaban J connectivity index is 1.26. The summed E-state index contributed by atoms with van der Waals surface area (Å²) in [5.74, 6) is 0.613. The van der Waals surface area contributed by atoms with Crippen LogP contribution in [0, 0.1) is 18.7 Å². The fourth-order valence-corrected chi connectivity index (χ4v) is 7.06. The lowest BCUT2D eigenvalue weighted by Crippen LogP contribution is -2.46. The van der Waals surface area contributed by atoms with Gasteiger partial charge in [-0.25, -0.2) is 9.37 Å². The summed E-state index contributed by atoms with van der Waals surface area (Å²) < 4.78 is 19.6. The predicted octanol–water partition coefficient (Wildman–Crippen LogP) is 5.01. The number of amides is 2. The summed E-state index contributed by atoms with van der Waals surface area (Å²) in [6.07, 6.45) is 4.74. The number of nitrogens with zero attached hydrogens (tertiary/aromatic N) is 2. The van der Waals surface area contributed by atoms with E-state index in [2.05, 4.69) is 10.3 Å². The molecule has 2 aromatic carbocycles. The molecule has 36 heavy (non-hydrogen) atoms. The van der Waals surface area contributed by atoms with Crippen LogP contribution in [0.2, 0.25) is 0 Å².